The van der Waals surface area contributed by atoms with Crippen LogP contribution in [0.3, 0.4) is 0 Å². The van der Waals surface area contributed by atoms with E-state index < -0.39 is 0 Å². The lowest BCUT2D eigenvalue weighted by Crippen LogP contribution is -1.93. The van der Waals surface area contributed by atoms with E-state index in [1.807, 2.05) is 54.6 Å². The molecule has 0 aliphatic rings. The number of benzene rings is 2. The second-order valence-corrected chi connectivity index (χ2v) is 5.74. The summed E-state index contributed by atoms with van der Waals surface area (Å²) in [5, 5.41) is 12.3. The fourth-order valence-electron chi connectivity index (χ4n) is 2.58. The van der Waals surface area contributed by atoms with Crippen LogP contribution in [0, 0.1) is 0 Å². The van der Waals surface area contributed by atoms with E-state index in [-0.39, 0.29) is 0 Å². The molecule has 0 unspecified atom stereocenters. The molecule has 4 aromatic rings. The maximum absolute atomic E-state index is 5.34. The molecule has 2 heterocycles. The van der Waals surface area contributed by atoms with Crippen LogP contribution in [-0.4, -0.2) is 32.2 Å². The summed E-state index contributed by atoms with van der Waals surface area (Å²) in [6.07, 6.45) is 3.25. The Morgan fingerprint density at radius 1 is 1.00 bits per heavy atom. The van der Waals surface area contributed by atoms with Crippen LogP contribution < -0.4 is 4.74 Å². The van der Waals surface area contributed by atoms with Crippen LogP contribution in [0.25, 0.3) is 17.2 Å². The van der Waals surface area contributed by atoms with Crippen molar-refractivity contribution in [3.05, 3.63) is 72.2 Å². The third-order valence-electron chi connectivity index (χ3n) is 4.00. The fourth-order valence-corrected chi connectivity index (χ4v) is 2.58. The van der Waals surface area contributed by atoms with Crippen LogP contribution in [0.2, 0.25) is 0 Å². The summed E-state index contributed by atoms with van der Waals surface area (Å²) in [5.74, 6) is 1.86. The number of rotatable bonds is 6. The standard InChI is InChI=1S/C19H17N5O2/c1-25-16-10-7-14(8-11-16)9-12-18-20-19(22-26-18)17-13-24(23-21-17)15-5-3-2-4-6-15/h2-8,10-11,13H,9,12H2,1H3. The highest BCUT2D eigenvalue weighted by Gasteiger charge is 2.13. The highest BCUT2D eigenvalue weighted by molar-refractivity contribution is 5.47. The lowest BCUT2D eigenvalue weighted by Gasteiger charge is -2.01. The molecule has 4 rings (SSSR count). The monoisotopic (exact) mass is 347 g/mol. The second kappa shape index (κ2) is 7.18. The molecular formula is C19H17N5O2. The van der Waals surface area contributed by atoms with Crippen molar-refractivity contribution in [2.45, 2.75) is 12.8 Å². The van der Waals surface area contributed by atoms with Gasteiger partial charge in [-0.25, -0.2) is 4.68 Å². The number of para-hydroxylation sites is 1. The van der Waals surface area contributed by atoms with Gasteiger partial charge in [0.05, 0.1) is 19.0 Å². The van der Waals surface area contributed by atoms with Gasteiger partial charge in [0.2, 0.25) is 11.7 Å². The molecule has 0 aliphatic heterocycles. The second-order valence-electron chi connectivity index (χ2n) is 5.74. The topological polar surface area (TPSA) is 78.9 Å². The molecule has 26 heavy (non-hydrogen) atoms. The van der Waals surface area contributed by atoms with Gasteiger partial charge in [0.1, 0.15) is 5.75 Å². The largest absolute Gasteiger partial charge is 0.497 e. The van der Waals surface area contributed by atoms with E-state index in [1.165, 1.54) is 5.56 Å². The average molecular weight is 347 g/mol. The third kappa shape index (κ3) is 3.46. The molecule has 0 atom stereocenters. The highest BCUT2D eigenvalue weighted by atomic mass is 16.5. The van der Waals surface area contributed by atoms with Gasteiger partial charge in [0.15, 0.2) is 5.69 Å². The minimum absolute atomic E-state index is 0.442. The van der Waals surface area contributed by atoms with Gasteiger partial charge in [-0.05, 0) is 36.2 Å². The summed E-state index contributed by atoms with van der Waals surface area (Å²) in [6, 6.07) is 17.7. The van der Waals surface area contributed by atoms with Crippen molar-refractivity contribution in [1.82, 2.24) is 25.1 Å². The Morgan fingerprint density at radius 3 is 2.58 bits per heavy atom. The Hall–Kier alpha value is -3.48. The van der Waals surface area contributed by atoms with Crippen molar-refractivity contribution in [1.29, 1.82) is 0 Å². The minimum atomic E-state index is 0.442. The van der Waals surface area contributed by atoms with Crippen LogP contribution in [0.1, 0.15) is 11.5 Å². The van der Waals surface area contributed by atoms with Crippen molar-refractivity contribution in [2.24, 2.45) is 0 Å². The highest BCUT2D eigenvalue weighted by Crippen LogP contribution is 2.16. The van der Waals surface area contributed by atoms with Gasteiger partial charge < -0.3 is 9.26 Å². The number of nitrogens with zero attached hydrogens (tertiary/aromatic N) is 5. The Balaban J connectivity index is 1.43. The van der Waals surface area contributed by atoms with E-state index in [9.17, 15) is 0 Å². The molecule has 0 aliphatic carbocycles. The van der Waals surface area contributed by atoms with Crippen LogP contribution in [0.15, 0.2) is 65.3 Å². The van der Waals surface area contributed by atoms with Gasteiger partial charge in [-0.15, -0.1) is 5.10 Å². The van der Waals surface area contributed by atoms with Crippen LogP contribution >= 0.6 is 0 Å². The molecular weight excluding hydrogens is 330 g/mol. The molecule has 2 aromatic heterocycles. The van der Waals surface area contributed by atoms with E-state index in [0.717, 1.165) is 17.9 Å². The zero-order chi connectivity index (χ0) is 17.8. The summed E-state index contributed by atoms with van der Waals surface area (Å²) in [5.41, 5.74) is 2.68. The number of methoxy groups -OCH3 is 1. The van der Waals surface area contributed by atoms with E-state index in [4.69, 9.17) is 9.26 Å². The summed E-state index contributed by atoms with van der Waals surface area (Å²) in [7, 11) is 1.66. The molecule has 0 amide bonds. The molecule has 0 radical (unpaired) electrons. The SMILES string of the molecule is COc1ccc(CCc2nc(-c3cn(-c4ccccc4)nn3)no2)cc1. The molecule has 0 fully saturated rings. The van der Waals surface area contributed by atoms with Gasteiger partial charge in [0, 0.05) is 6.42 Å². The first kappa shape index (κ1) is 16.0. The summed E-state index contributed by atoms with van der Waals surface area (Å²) in [6.45, 7) is 0. The fraction of sp³-hybridized carbons (Fsp3) is 0.158. The van der Waals surface area contributed by atoms with Gasteiger partial charge in [0.25, 0.3) is 0 Å². The molecule has 0 N–H and O–H groups in total. The Labute approximate surface area is 150 Å². The van der Waals surface area contributed by atoms with E-state index in [0.29, 0.717) is 23.8 Å². The smallest absolute Gasteiger partial charge is 0.227 e. The zero-order valence-electron chi connectivity index (χ0n) is 14.2. The summed E-state index contributed by atoms with van der Waals surface area (Å²) in [4.78, 5) is 4.42. The molecule has 7 nitrogen and oxygen atoms in total. The zero-order valence-corrected chi connectivity index (χ0v) is 14.2. The maximum atomic E-state index is 5.34. The molecule has 2 aromatic carbocycles. The van der Waals surface area contributed by atoms with Crippen molar-refractivity contribution >= 4 is 0 Å². The molecule has 130 valence electrons. The lowest BCUT2D eigenvalue weighted by atomic mass is 10.1. The number of hydrogen-bond donors (Lipinski definition) is 0. The van der Waals surface area contributed by atoms with Crippen molar-refractivity contribution < 1.29 is 9.26 Å². The predicted octanol–water partition coefficient (Wildman–Crippen LogP) is 3.11. The third-order valence-corrected chi connectivity index (χ3v) is 4.00. The first-order chi connectivity index (χ1) is 12.8. The van der Waals surface area contributed by atoms with Gasteiger partial charge in [-0.1, -0.05) is 40.7 Å². The van der Waals surface area contributed by atoms with E-state index in [1.54, 1.807) is 18.0 Å². The number of ether oxygens (including phenoxy) is 1. The van der Waals surface area contributed by atoms with Crippen molar-refractivity contribution in [3.8, 4) is 23.0 Å². The first-order valence-electron chi connectivity index (χ1n) is 8.25. The van der Waals surface area contributed by atoms with Crippen LogP contribution in [-0.2, 0) is 12.8 Å². The van der Waals surface area contributed by atoms with Gasteiger partial charge in [-0.3, -0.25) is 0 Å². The first-order valence-corrected chi connectivity index (χ1v) is 8.25. The normalized spacial score (nSPS) is 10.8. The maximum Gasteiger partial charge on any atom is 0.227 e. The molecule has 0 saturated heterocycles. The Bertz CT molecular complexity index is 977. The summed E-state index contributed by atoms with van der Waals surface area (Å²) < 4.78 is 12.2. The Morgan fingerprint density at radius 2 is 1.81 bits per heavy atom. The number of aryl methyl sites for hydroxylation is 2. The van der Waals surface area contributed by atoms with Gasteiger partial charge in [-0.2, -0.15) is 4.98 Å². The van der Waals surface area contributed by atoms with Crippen molar-refractivity contribution in [2.75, 3.05) is 7.11 Å². The average Bonchev–Trinajstić information content (AvgIpc) is 3.37. The molecule has 0 saturated carbocycles. The Kier molecular flexibility index (Phi) is 4.42. The molecule has 0 bridgehead atoms. The van der Waals surface area contributed by atoms with Crippen LogP contribution in [0.4, 0.5) is 0 Å². The lowest BCUT2D eigenvalue weighted by molar-refractivity contribution is 0.378. The predicted molar refractivity (Wildman–Crippen MR) is 95.1 cm³/mol. The molecule has 0 spiro atoms. The summed E-state index contributed by atoms with van der Waals surface area (Å²) >= 11 is 0. The number of aromatic nitrogens is 5. The van der Waals surface area contributed by atoms with Crippen LogP contribution in [0.5, 0.6) is 5.75 Å². The molecule has 7 heteroatoms. The quantitative estimate of drug-likeness (QED) is 0.533. The van der Waals surface area contributed by atoms with E-state index >= 15 is 0 Å². The minimum Gasteiger partial charge on any atom is -0.497 e. The van der Waals surface area contributed by atoms with Gasteiger partial charge >= 0.3 is 0 Å². The number of hydrogen-bond acceptors (Lipinski definition) is 6. The van der Waals surface area contributed by atoms with E-state index in [2.05, 4.69) is 20.5 Å². The van der Waals surface area contributed by atoms with Crippen molar-refractivity contribution in [3.63, 3.8) is 0 Å².